The number of carboxylic acid groups (broad SMARTS) is 2. The van der Waals surface area contributed by atoms with Crippen LogP contribution in [0.2, 0.25) is 0 Å². The van der Waals surface area contributed by atoms with Gasteiger partial charge in [-0.3, -0.25) is 24.0 Å². The van der Waals surface area contributed by atoms with Crippen molar-refractivity contribution < 1.29 is 81.7 Å². The number of aliphatic carboxylic acids is 1. The van der Waals surface area contributed by atoms with Gasteiger partial charge in [0.05, 0.1) is 31.5 Å². The number of aldehydes is 1. The average Bonchev–Trinajstić information content (AvgIpc) is 0.500. The minimum Gasteiger partial charge on any atom is -0.481 e. The second-order valence-corrected chi connectivity index (χ2v) is 22.5. The lowest BCUT2D eigenvalue weighted by atomic mass is 10.1. The number of carboxylic acids is 2. The number of ether oxygens (including phenoxy) is 8. The highest BCUT2D eigenvalue weighted by atomic mass is 16.7. The molecule has 1 amide bonds. The molecule has 0 aliphatic heterocycles. The first-order valence-electron chi connectivity index (χ1n) is 34.4. The summed E-state index contributed by atoms with van der Waals surface area (Å²) in [5.74, 6) is 5.36. The quantitative estimate of drug-likeness (QED) is 0.0222. The molecule has 0 unspecified atom stereocenters. The van der Waals surface area contributed by atoms with Gasteiger partial charge in [-0.25, -0.2) is 14.7 Å². The van der Waals surface area contributed by atoms with E-state index in [-0.39, 0.29) is 29.8 Å². The van der Waals surface area contributed by atoms with E-state index in [0.717, 1.165) is 56.8 Å². The highest BCUT2D eigenvalue weighted by Crippen LogP contribution is 2.31. The summed E-state index contributed by atoms with van der Waals surface area (Å²) in [6.45, 7) is 4.37. The van der Waals surface area contributed by atoms with Crippen LogP contribution in [0.3, 0.4) is 0 Å². The maximum Gasteiger partial charge on any atom is 0.339 e. The summed E-state index contributed by atoms with van der Waals surface area (Å²) in [6.07, 6.45) is 5.43. The number of hydroxylamine groups is 2. The highest BCUT2D eigenvalue weighted by molar-refractivity contribution is 5.96. The van der Waals surface area contributed by atoms with Crippen molar-refractivity contribution in [3.8, 4) is 69.0 Å². The summed E-state index contributed by atoms with van der Waals surface area (Å²) in [6, 6.07) is 99.9. The van der Waals surface area contributed by atoms with E-state index < -0.39 is 11.9 Å². The molecule has 0 heterocycles. The third-order valence-electron chi connectivity index (χ3n) is 14.7. The molecule has 550 valence electrons. The molecule has 18 nitrogen and oxygen atoms in total. The molecular formula is C90H83NO17. The zero-order chi connectivity index (χ0) is 76.8. The molecule has 0 aliphatic rings. The predicted molar refractivity (Wildman–Crippen MR) is 416 cm³/mol. The molecule has 0 spiro atoms. The summed E-state index contributed by atoms with van der Waals surface area (Å²) < 4.78 is 44.0. The van der Waals surface area contributed by atoms with Crippen LogP contribution in [0.1, 0.15) is 74.5 Å². The van der Waals surface area contributed by atoms with Crippen LogP contribution in [-0.2, 0) is 41.5 Å². The molecule has 18 heteroatoms. The second-order valence-electron chi connectivity index (χ2n) is 22.5. The van der Waals surface area contributed by atoms with Crippen LogP contribution in [0.5, 0.6) is 69.0 Å². The maximum absolute atomic E-state index is 12.1. The standard InChI is InChI=1S/C17H18O3.C17H16O3.C15H15NO3.C15H14O3.C13H10O3.C13H10O2/c2*1-2-19-17(18)13-12-14-8-6-7-11-16(14)20-15-9-4-3-5-10-15;1-16(18-2)15(17)13-10-6-7-11-14(13)19-12-8-4-3-5-9-12;16-15(17)11-10-12-6-4-5-9-14(12)18-13-7-2-1-3-8-13;14-13(15)11-8-4-5-9-12(11)16-10-6-2-1-3-7-10;14-10-11-6-4-5-9-13(11)15-12-7-2-1-3-8-12/h3-11H,2,12-13H2,1H3;3-13H,2H2,1H3;3-11H,1-2H3;1-9H,10-11H2,(H,16,17);1-9H,(H,14,15);1-10H/b;13-12+;;;;. The van der Waals surface area contributed by atoms with Gasteiger partial charge in [0.15, 0.2) is 6.29 Å². The molecule has 12 rings (SSSR count). The Kier molecular flexibility index (Phi) is 35.2. The van der Waals surface area contributed by atoms with Gasteiger partial charge in [0.1, 0.15) is 74.6 Å². The zero-order valence-corrected chi connectivity index (χ0v) is 60.1. The van der Waals surface area contributed by atoms with Gasteiger partial charge in [-0.05, 0) is 171 Å². The van der Waals surface area contributed by atoms with Crippen molar-refractivity contribution >= 4 is 42.1 Å². The lowest BCUT2D eigenvalue weighted by Gasteiger charge is -2.16. The number of hydrogen-bond acceptors (Lipinski definition) is 15. The first-order valence-corrected chi connectivity index (χ1v) is 34.4. The fourth-order valence-electron chi connectivity index (χ4n) is 9.47. The zero-order valence-electron chi connectivity index (χ0n) is 60.1. The lowest BCUT2D eigenvalue weighted by molar-refractivity contribution is -0.143. The van der Waals surface area contributed by atoms with E-state index in [1.165, 1.54) is 19.3 Å². The van der Waals surface area contributed by atoms with Gasteiger partial charge in [0, 0.05) is 31.5 Å². The van der Waals surface area contributed by atoms with Gasteiger partial charge < -0.3 is 48.1 Å². The number of nitrogens with zero attached hydrogens (tertiary/aromatic N) is 1. The first kappa shape index (κ1) is 81.5. The Morgan fingerprint density at radius 2 is 0.657 bits per heavy atom. The van der Waals surface area contributed by atoms with Crippen molar-refractivity contribution in [1.82, 2.24) is 5.06 Å². The number of esters is 2. The van der Waals surface area contributed by atoms with Gasteiger partial charge in [-0.1, -0.05) is 200 Å². The van der Waals surface area contributed by atoms with Crippen molar-refractivity contribution in [2.24, 2.45) is 0 Å². The number of rotatable bonds is 26. The van der Waals surface area contributed by atoms with E-state index in [1.807, 2.05) is 268 Å². The average molecular weight is 1450 g/mol. The fourth-order valence-corrected chi connectivity index (χ4v) is 9.47. The molecule has 12 aromatic carbocycles. The monoisotopic (exact) mass is 1450 g/mol. The number of aryl methyl sites for hydroxylation is 2. The molecule has 12 aromatic rings. The Balaban J connectivity index is 0.000000181. The van der Waals surface area contributed by atoms with Crippen LogP contribution >= 0.6 is 0 Å². The van der Waals surface area contributed by atoms with E-state index in [9.17, 15) is 28.8 Å². The lowest BCUT2D eigenvalue weighted by Crippen LogP contribution is -2.25. The largest absolute Gasteiger partial charge is 0.481 e. The van der Waals surface area contributed by atoms with E-state index >= 15 is 0 Å². The third-order valence-corrected chi connectivity index (χ3v) is 14.7. The molecule has 0 saturated heterocycles. The minimum absolute atomic E-state index is 0.106. The summed E-state index contributed by atoms with van der Waals surface area (Å²) in [5.41, 5.74) is 3.90. The Bertz CT molecular complexity index is 4700. The molecular weight excluding hydrogens is 1370 g/mol. The third kappa shape index (κ3) is 29.5. The van der Waals surface area contributed by atoms with Crippen molar-refractivity contribution in [2.75, 3.05) is 27.4 Å². The number of aromatic carboxylic acids is 1. The van der Waals surface area contributed by atoms with E-state index in [2.05, 4.69) is 0 Å². The highest BCUT2D eigenvalue weighted by Gasteiger charge is 2.18. The number of carbonyl (C=O) groups excluding carboxylic acids is 4. The summed E-state index contributed by atoms with van der Waals surface area (Å²) in [7, 11) is 3.00. The molecule has 0 radical (unpaired) electrons. The molecule has 0 aromatic heterocycles. The van der Waals surface area contributed by atoms with Crippen LogP contribution in [-0.4, -0.2) is 78.7 Å². The Hall–Kier alpha value is -13.8. The number of hydrogen-bond donors (Lipinski definition) is 2. The SMILES string of the molecule is CCOC(=O)/C=C/c1ccccc1Oc1ccccc1.CCOC(=O)CCc1ccccc1Oc1ccccc1.CON(C)C(=O)c1ccccc1Oc1ccccc1.O=C(O)CCc1ccccc1Oc1ccccc1.O=C(O)c1ccccc1Oc1ccccc1.O=Cc1ccccc1Oc1ccccc1. The van der Waals surface area contributed by atoms with Crippen molar-refractivity contribution in [2.45, 2.75) is 39.5 Å². The minimum atomic E-state index is -0.994. The summed E-state index contributed by atoms with van der Waals surface area (Å²) in [4.78, 5) is 72.0. The molecule has 108 heavy (non-hydrogen) atoms. The van der Waals surface area contributed by atoms with Gasteiger partial charge in [0.25, 0.3) is 5.91 Å². The van der Waals surface area contributed by atoms with E-state index in [4.69, 9.17) is 52.9 Å². The van der Waals surface area contributed by atoms with E-state index in [0.29, 0.717) is 83.8 Å². The number of benzene rings is 12. The molecule has 0 saturated carbocycles. The Labute approximate surface area is 628 Å². The van der Waals surface area contributed by atoms with Crippen molar-refractivity contribution in [3.05, 3.63) is 367 Å². The normalized spacial score (nSPS) is 10.0. The summed E-state index contributed by atoms with van der Waals surface area (Å²) >= 11 is 0. The number of amides is 1. The molecule has 0 aliphatic carbocycles. The van der Waals surface area contributed by atoms with Crippen LogP contribution in [0.25, 0.3) is 6.08 Å². The Morgan fingerprint density at radius 1 is 0.352 bits per heavy atom. The van der Waals surface area contributed by atoms with Gasteiger partial charge in [-0.2, -0.15) is 0 Å². The van der Waals surface area contributed by atoms with Crippen molar-refractivity contribution in [3.63, 3.8) is 0 Å². The van der Waals surface area contributed by atoms with Gasteiger partial charge in [-0.15, -0.1) is 0 Å². The molecule has 2 N–H and O–H groups in total. The van der Waals surface area contributed by atoms with Crippen molar-refractivity contribution in [1.29, 1.82) is 0 Å². The number of para-hydroxylation sites is 12. The molecule has 0 bridgehead atoms. The maximum atomic E-state index is 12.1. The molecule has 0 fully saturated rings. The van der Waals surface area contributed by atoms with Crippen LogP contribution in [0.15, 0.2) is 334 Å². The van der Waals surface area contributed by atoms with Crippen LogP contribution in [0, 0.1) is 0 Å². The molecule has 0 atom stereocenters. The predicted octanol–water partition coefficient (Wildman–Crippen LogP) is 21.1. The second kappa shape index (κ2) is 46.7. The topological polar surface area (TPSA) is 229 Å². The van der Waals surface area contributed by atoms with Crippen LogP contribution in [0.4, 0.5) is 0 Å². The number of carbonyl (C=O) groups is 6. The fraction of sp³-hybridized carbons (Fsp3) is 0.111. The Morgan fingerprint density at radius 3 is 1.04 bits per heavy atom. The smallest absolute Gasteiger partial charge is 0.339 e. The van der Waals surface area contributed by atoms with Crippen LogP contribution < -0.4 is 28.4 Å². The van der Waals surface area contributed by atoms with Gasteiger partial charge >= 0.3 is 23.9 Å². The van der Waals surface area contributed by atoms with E-state index in [1.54, 1.807) is 80.7 Å². The summed E-state index contributed by atoms with van der Waals surface area (Å²) in [5, 5.41) is 18.8. The van der Waals surface area contributed by atoms with Gasteiger partial charge in [0.2, 0.25) is 0 Å². The first-order chi connectivity index (χ1) is 52.7.